The van der Waals surface area contributed by atoms with Crippen molar-refractivity contribution in [2.24, 2.45) is 0 Å². The maximum Gasteiger partial charge on any atom is 0.342 e. The minimum atomic E-state index is -0.659. The van der Waals surface area contributed by atoms with E-state index in [1.54, 1.807) is 18.2 Å². The molecule has 2 fully saturated rings. The van der Waals surface area contributed by atoms with Crippen LogP contribution in [0.5, 0.6) is 5.75 Å². The number of unbranched alkanes of at least 4 members (excludes halogenated alkanes) is 1. The molecule has 0 bridgehead atoms. The molecule has 0 aliphatic carbocycles. The summed E-state index contributed by atoms with van der Waals surface area (Å²) in [6.07, 6.45) is -0.0305. The fourth-order valence-electron chi connectivity index (χ4n) is 2.83. The number of hydrogen-bond acceptors (Lipinski definition) is 6. The predicted octanol–water partition coefficient (Wildman–Crippen LogP) is 1.55. The van der Waals surface area contributed by atoms with Crippen LogP contribution in [-0.2, 0) is 14.2 Å². The number of esters is 1. The summed E-state index contributed by atoms with van der Waals surface area (Å²) in [5.41, 5.74) is 0.394. The number of hydrogen-bond donors (Lipinski definition) is 1. The second kappa shape index (κ2) is 7.29. The molecule has 2 aliphatic heterocycles. The number of aliphatic hydroxyl groups excluding tert-OH is 1. The van der Waals surface area contributed by atoms with Crippen LogP contribution in [0, 0.1) is 0 Å². The van der Waals surface area contributed by atoms with Crippen LogP contribution in [0.3, 0.4) is 0 Å². The Bertz CT molecular complexity index is 546. The first kappa shape index (κ1) is 16.2. The molecule has 126 valence electrons. The van der Waals surface area contributed by atoms with E-state index < -0.39 is 30.4 Å². The molecule has 2 saturated heterocycles. The highest BCUT2D eigenvalue weighted by Crippen LogP contribution is 2.30. The van der Waals surface area contributed by atoms with E-state index in [-0.39, 0.29) is 13.2 Å². The van der Waals surface area contributed by atoms with Gasteiger partial charge in [0.1, 0.15) is 29.6 Å². The Morgan fingerprint density at radius 2 is 2.04 bits per heavy atom. The second-order valence-electron chi connectivity index (χ2n) is 5.81. The van der Waals surface area contributed by atoms with Crippen LogP contribution < -0.4 is 4.74 Å². The topological polar surface area (TPSA) is 74.2 Å². The largest absolute Gasteiger partial charge is 0.493 e. The van der Waals surface area contributed by atoms with E-state index in [2.05, 4.69) is 6.92 Å². The maximum absolute atomic E-state index is 12.4. The first-order valence-corrected chi connectivity index (χ1v) is 8.04. The van der Waals surface area contributed by atoms with Gasteiger partial charge in [0.2, 0.25) is 0 Å². The molecule has 6 heteroatoms. The molecule has 1 aromatic carbocycles. The van der Waals surface area contributed by atoms with Crippen molar-refractivity contribution in [2.75, 3.05) is 19.8 Å². The van der Waals surface area contributed by atoms with E-state index in [4.69, 9.17) is 18.9 Å². The molecule has 0 amide bonds. The zero-order chi connectivity index (χ0) is 16.2. The average Bonchev–Trinajstić information content (AvgIpc) is 3.12. The van der Waals surface area contributed by atoms with Crippen molar-refractivity contribution >= 4 is 5.97 Å². The number of para-hydroxylation sites is 1. The third-order valence-electron chi connectivity index (χ3n) is 4.10. The summed E-state index contributed by atoms with van der Waals surface area (Å²) in [4.78, 5) is 12.4. The van der Waals surface area contributed by atoms with Crippen LogP contribution in [0.1, 0.15) is 30.1 Å². The Labute approximate surface area is 135 Å². The van der Waals surface area contributed by atoms with Crippen LogP contribution >= 0.6 is 0 Å². The van der Waals surface area contributed by atoms with Crippen LogP contribution in [0.15, 0.2) is 24.3 Å². The molecule has 0 saturated carbocycles. The van der Waals surface area contributed by atoms with Gasteiger partial charge < -0.3 is 24.1 Å². The number of aliphatic hydroxyl groups is 1. The first-order chi connectivity index (χ1) is 11.2. The third-order valence-corrected chi connectivity index (χ3v) is 4.10. The summed E-state index contributed by atoms with van der Waals surface area (Å²) in [5.74, 6) is 0.0603. The van der Waals surface area contributed by atoms with Gasteiger partial charge in [-0.3, -0.25) is 0 Å². The smallest absolute Gasteiger partial charge is 0.342 e. The monoisotopic (exact) mass is 322 g/mol. The minimum Gasteiger partial charge on any atom is -0.493 e. The van der Waals surface area contributed by atoms with Gasteiger partial charge in [-0.2, -0.15) is 0 Å². The molecule has 0 spiro atoms. The lowest BCUT2D eigenvalue weighted by atomic mass is 10.1. The number of rotatable bonds is 6. The van der Waals surface area contributed by atoms with E-state index in [1.165, 1.54) is 0 Å². The van der Waals surface area contributed by atoms with E-state index in [9.17, 15) is 9.90 Å². The molecule has 2 aliphatic rings. The number of ether oxygens (including phenoxy) is 4. The molecule has 4 atom stereocenters. The molecular formula is C17H22O6. The van der Waals surface area contributed by atoms with Crippen molar-refractivity contribution in [2.45, 2.75) is 44.2 Å². The predicted molar refractivity (Wildman–Crippen MR) is 81.5 cm³/mol. The Kier molecular flexibility index (Phi) is 5.15. The van der Waals surface area contributed by atoms with Gasteiger partial charge in [0.25, 0.3) is 0 Å². The summed E-state index contributed by atoms with van der Waals surface area (Å²) >= 11 is 0. The van der Waals surface area contributed by atoms with Crippen molar-refractivity contribution in [3.63, 3.8) is 0 Å². The fourth-order valence-corrected chi connectivity index (χ4v) is 2.83. The van der Waals surface area contributed by atoms with Gasteiger partial charge in [-0.15, -0.1) is 0 Å². The normalized spacial score (nSPS) is 29.3. The molecule has 0 unspecified atom stereocenters. The number of carbonyl (C=O) groups is 1. The lowest BCUT2D eigenvalue weighted by Crippen LogP contribution is -2.34. The van der Waals surface area contributed by atoms with Gasteiger partial charge in [0.15, 0.2) is 6.10 Å². The summed E-state index contributed by atoms with van der Waals surface area (Å²) in [6.45, 7) is 3.08. The van der Waals surface area contributed by atoms with Crippen molar-refractivity contribution in [3.05, 3.63) is 29.8 Å². The molecule has 1 N–H and O–H groups in total. The van der Waals surface area contributed by atoms with E-state index in [1.807, 2.05) is 6.07 Å². The number of fused-ring (bicyclic) bond motifs is 1. The zero-order valence-electron chi connectivity index (χ0n) is 13.1. The Morgan fingerprint density at radius 1 is 1.26 bits per heavy atom. The van der Waals surface area contributed by atoms with Crippen LogP contribution in [0.25, 0.3) is 0 Å². The standard InChI is InChI=1S/C17H22O6/c1-2-3-8-20-13-7-5-4-6-11(13)17(19)23-14-10-22-15-12(18)9-21-16(14)15/h4-7,12,14-16,18H,2-3,8-10H2,1H3/t12-,14+,15-,16-/m1/s1. The van der Waals surface area contributed by atoms with Crippen molar-refractivity contribution in [3.8, 4) is 5.75 Å². The fraction of sp³-hybridized carbons (Fsp3) is 0.588. The Morgan fingerprint density at radius 3 is 2.87 bits per heavy atom. The summed E-state index contributed by atoms with van der Waals surface area (Å²) in [6, 6.07) is 7.04. The quantitative estimate of drug-likeness (QED) is 0.633. The Hall–Kier alpha value is -1.63. The molecule has 3 rings (SSSR count). The molecule has 23 heavy (non-hydrogen) atoms. The lowest BCUT2D eigenvalue weighted by Gasteiger charge is -2.17. The van der Waals surface area contributed by atoms with Crippen molar-refractivity contribution in [1.82, 2.24) is 0 Å². The summed E-state index contributed by atoms with van der Waals surface area (Å²) in [7, 11) is 0. The van der Waals surface area contributed by atoms with Crippen LogP contribution in [0.4, 0.5) is 0 Å². The SMILES string of the molecule is CCCCOc1ccccc1C(=O)O[C@H]1CO[C@H]2[C@@H]1OC[C@H]2O. The molecule has 0 aromatic heterocycles. The van der Waals surface area contributed by atoms with Gasteiger partial charge in [-0.1, -0.05) is 25.5 Å². The van der Waals surface area contributed by atoms with Gasteiger partial charge in [0.05, 0.1) is 19.8 Å². The zero-order valence-corrected chi connectivity index (χ0v) is 13.1. The molecule has 1 aromatic rings. The van der Waals surface area contributed by atoms with E-state index in [0.29, 0.717) is 17.9 Å². The lowest BCUT2D eigenvalue weighted by molar-refractivity contribution is -0.0211. The highest BCUT2D eigenvalue weighted by Gasteiger charge is 2.49. The van der Waals surface area contributed by atoms with Crippen molar-refractivity contribution in [1.29, 1.82) is 0 Å². The van der Waals surface area contributed by atoms with Crippen molar-refractivity contribution < 1.29 is 28.8 Å². The maximum atomic E-state index is 12.4. The average molecular weight is 322 g/mol. The molecule has 2 heterocycles. The first-order valence-electron chi connectivity index (χ1n) is 8.04. The second-order valence-corrected chi connectivity index (χ2v) is 5.81. The highest BCUT2D eigenvalue weighted by atomic mass is 16.6. The summed E-state index contributed by atoms with van der Waals surface area (Å²) in [5, 5.41) is 9.72. The number of benzene rings is 1. The third kappa shape index (κ3) is 3.49. The minimum absolute atomic E-state index is 0.208. The van der Waals surface area contributed by atoms with E-state index >= 15 is 0 Å². The van der Waals surface area contributed by atoms with E-state index in [0.717, 1.165) is 12.8 Å². The Balaban J connectivity index is 1.64. The van der Waals surface area contributed by atoms with Gasteiger partial charge in [-0.05, 0) is 18.6 Å². The van der Waals surface area contributed by atoms with Crippen LogP contribution in [0.2, 0.25) is 0 Å². The van der Waals surface area contributed by atoms with Gasteiger partial charge in [-0.25, -0.2) is 4.79 Å². The highest BCUT2D eigenvalue weighted by molar-refractivity contribution is 5.92. The van der Waals surface area contributed by atoms with Gasteiger partial charge in [0, 0.05) is 0 Å². The van der Waals surface area contributed by atoms with Gasteiger partial charge >= 0.3 is 5.97 Å². The summed E-state index contributed by atoms with van der Waals surface area (Å²) < 4.78 is 22.1. The van der Waals surface area contributed by atoms with Crippen LogP contribution in [-0.4, -0.2) is 55.3 Å². The molecule has 6 nitrogen and oxygen atoms in total. The molecule has 0 radical (unpaired) electrons. The number of carbonyl (C=O) groups excluding carboxylic acids is 1. The molecular weight excluding hydrogens is 300 g/mol.